The normalized spacial score (nSPS) is 20.1. The lowest BCUT2D eigenvalue weighted by Gasteiger charge is -2.15. The molecule has 2 fully saturated rings. The van der Waals surface area contributed by atoms with E-state index >= 15 is 0 Å². The summed E-state index contributed by atoms with van der Waals surface area (Å²) in [6.07, 6.45) is 5.28. The van der Waals surface area contributed by atoms with Gasteiger partial charge in [0.05, 0.1) is 10.5 Å². The summed E-state index contributed by atoms with van der Waals surface area (Å²) in [6.45, 7) is 2.12. The molecule has 5 rings (SSSR count). The molecule has 1 aromatic carbocycles. The monoisotopic (exact) mass is 429 g/mol. The maximum Gasteiger partial charge on any atom is 0.203 e. The standard InChI is InChI=1S/C20H21ClFN7O/c21-15-9-11(1-4-16(15)22)24-18(28-30)14-5-7-23-19-17(14)26-20(27-19)25-12-6-8-29(10-12)13-2-3-13/h1,4-5,7,9,12-13,30H,2-3,6,8,10H2,(H,24,28)(H2,23,25,26,27). The summed E-state index contributed by atoms with van der Waals surface area (Å²) in [6, 6.07) is 6.98. The minimum Gasteiger partial charge on any atom is -0.409 e. The Hall–Kier alpha value is -2.91. The van der Waals surface area contributed by atoms with Crippen LogP contribution in [-0.4, -0.2) is 56.1 Å². The summed E-state index contributed by atoms with van der Waals surface area (Å²) in [5, 5.41) is 19.4. The molecule has 1 atom stereocenters. The number of fused-ring (bicyclic) bond motifs is 1. The third kappa shape index (κ3) is 3.78. The summed E-state index contributed by atoms with van der Waals surface area (Å²) in [7, 11) is 0. The molecular formula is C20H21ClFN7O. The van der Waals surface area contributed by atoms with Gasteiger partial charge in [-0.15, -0.1) is 0 Å². The van der Waals surface area contributed by atoms with Crippen molar-refractivity contribution in [3.05, 3.63) is 46.9 Å². The maximum atomic E-state index is 13.4. The molecule has 0 radical (unpaired) electrons. The molecule has 1 saturated carbocycles. The lowest BCUT2D eigenvalue weighted by atomic mass is 10.2. The Kier molecular flexibility index (Phi) is 4.92. The Morgan fingerprint density at radius 1 is 1.30 bits per heavy atom. The van der Waals surface area contributed by atoms with E-state index in [1.54, 1.807) is 12.3 Å². The van der Waals surface area contributed by atoms with E-state index in [4.69, 9.17) is 11.6 Å². The number of nitrogens with one attached hydrogen (secondary N) is 3. The van der Waals surface area contributed by atoms with Gasteiger partial charge in [0, 0.05) is 42.6 Å². The summed E-state index contributed by atoms with van der Waals surface area (Å²) < 4.78 is 13.4. The van der Waals surface area contributed by atoms with Gasteiger partial charge in [0.2, 0.25) is 5.95 Å². The van der Waals surface area contributed by atoms with Crippen LogP contribution in [-0.2, 0) is 0 Å². The number of anilines is 2. The summed E-state index contributed by atoms with van der Waals surface area (Å²) in [5.74, 6) is 0.281. The van der Waals surface area contributed by atoms with E-state index in [9.17, 15) is 9.60 Å². The molecule has 0 spiro atoms. The highest BCUT2D eigenvalue weighted by Crippen LogP contribution is 2.30. The number of oxime groups is 1. The predicted molar refractivity (Wildman–Crippen MR) is 114 cm³/mol. The van der Waals surface area contributed by atoms with Crippen molar-refractivity contribution in [3.63, 3.8) is 0 Å². The smallest absolute Gasteiger partial charge is 0.203 e. The van der Waals surface area contributed by atoms with Crippen molar-refractivity contribution in [1.82, 2.24) is 19.9 Å². The Bertz CT molecular complexity index is 1110. The third-order valence-electron chi connectivity index (χ3n) is 5.55. The van der Waals surface area contributed by atoms with Crippen LogP contribution in [0.15, 0.2) is 35.6 Å². The van der Waals surface area contributed by atoms with Crippen molar-refractivity contribution < 1.29 is 9.60 Å². The van der Waals surface area contributed by atoms with Gasteiger partial charge in [-0.3, -0.25) is 4.90 Å². The average molecular weight is 430 g/mol. The highest BCUT2D eigenvalue weighted by Gasteiger charge is 2.34. The third-order valence-corrected chi connectivity index (χ3v) is 5.84. The van der Waals surface area contributed by atoms with Crippen LogP contribution in [0.4, 0.5) is 16.0 Å². The van der Waals surface area contributed by atoms with Gasteiger partial charge >= 0.3 is 0 Å². The highest BCUT2D eigenvalue weighted by molar-refractivity contribution is 6.31. The zero-order chi connectivity index (χ0) is 20.7. The molecule has 30 heavy (non-hydrogen) atoms. The van der Waals surface area contributed by atoms with Crippen LogP contribution in [0.2, 0.25) is 5.02 Å². The van der Waals surface area contributed by atoms with Crippen molar-refractivity contribution in [3.8, 4) is 0 Å². The zero-order valence-electron chi connectivity index (χ0n) is 16.1. The largest absolute Gasteiger partial charge is 0.409 e. The van der Waals surface area contributed by atoms with Gasteiger partial charge in [0.1, 0.15) is 5.82 Å². The first-order chi connectivity index (χ1) is 14.6. The van der Waals surface area contributed by atoms with Gasteiger partial charge < -0.3 is 20.8 Å². The van der Waals surface area contributed by atoms with Gasteiger partial charge in [-0.05, 0) is 43.5 Å². The first-order valence-electron chi connectivity index (χ1n) is 9.90. The van der Waals surface area contributed by atoms with Crippen LogP contribution < -0.4 is 10.6 Å². The number of halogens is 2. The summed E-state index contributed by atoms with van der Waals surface area (Å²) in [5.41, 5.74) is 2.20. The van der Waals surface area contributed by atoms with E-state index in [1.807, 2.05) is 0 Å². The molecule has 0 amide bonds. The van der Waals surface area contributed by atoms with Crippen molar-refractivity contribution >= 4 is 40.2 Å². The number of hydrogen-bond acceptors (Lipinski definition) is 6. The first-order valence-corrected chi connectivity index (χ1v) is 10.3. The Morgan fingerprint density at radius 3 is 2.93 bits per heavy atom. The fourth-order valence-corrected chi connectivity index (χ4v) is 4.08. The van der Waals surface area contributed by atoms with Gasteiger partial charge in [0.25, 0.3) is 0 Å². The zero-order valence-corrected chi connectivity index (χ0v) is 16.8. The molecule has 0 bridgehead atoms. The average Bonchev–Trinajstić information content (AvgIpc) is 3.35. The van der Waals surface area contributed by atoms with Crippen LogP contribution in [0.3, 0.4) is 0 Å². The van der Waals surface area contributed by atoms with Crippen LogP contribution in [0.5, 0.6) is 0 Å². The number of aromatic nitrogens is 3. The van der Waals surface area contributed by atoms with Gasteiger partial charge in [-0.25, -0.2) is 9.37 Å². The lowest BCUT2D eigenvalue weighted by Crippen LogP contribution is -2.28. The maximum absolute atomic E-state index is 13.4. The quantitative estimate of drug-likeness (QED) is 0.214. The first kappa shape index (κ1) is 19.1. The van der Waals surface area contributed by atoms with Gasteiger partial charge in [0.15, 0.2) is 11.5 Å². The van der Waals surface area contributed by atoms with Crippen LogP contribution in [0.25, 0.3) is 11.2 Å². The molecule has 10 heteroatoms. The SMILES string of the molecule is O/N=C(\Nc1ccc(F)c(Cl)c1)c1ccnc2nc(NC3CCN(C4CC4)C3)[nH]c12. The predicted octanol–water partition coefficient (Wildman–Crippen LogP) is 3.65. The number of benzene rings is 1. The Labute approximate surface area is 177 Å². The molecule has 1 saturated heterocycles. The van der Waals surface area contributed by atoms with Crippen LogP contribution in [0.1, 0.15) is 24.8 Å². The fourth-order valence-electron chi connectivity index (χ4n) is 3.90. The summed E-state index contributed by atoms with van der Waals surface area (Å²) >= 11 is 5.84. The number of pyridine rings is 1. The second kappa shape index (κ2) is 7.73. The number of aromatic amines is 1. The minimum atomic E-state index is -0.521. The van der Waals surface area contributed by atoms with E-state index in [0.717, 1.165) is 25.6 Å². The topological polar surface area (TPSA) is 101 Å². The van der Waals surface area contributed by atoms with E-state index in [0.29, 0.717) is 34.4 Å². The molecule has 3 heterocycles. The summed E-state index contributed by atoms with van der Waals surface area (Å²) in [4.78, 5) is 14.6. The minimum absolute atomic E-state index is 0.0259. The van der Waals surface area contributed by atoms with Crippen molar-refractivity contribution in [1.29, 1.82) is 0 Å². The van der Waals surface area contributed by atoms with E-state index in [-0.39, 0.29) is 10.9 Å². The van der Waals surface area contributed by atoms with Crippen LogP contribution in [0, 0.1) is 5.82 Å². The number of rotatable bonds is 5. The van der Waals surface area contributed by atoms with Gasteiger partial charge in [-0.2, -0.15) is 4.98 Å². The molecule has 1 aliphatic heterocycles. The molecular weight excluding hydrogens is 409 g/mol. The second-order valence-corrected chi connectivity index (χ2v) is 8.11. The Balaban J connectivity index is 1.37. The number of hydrogen-bond donors (Lipinski definition) is 4. The number of imidazole rings is 1. The van der Waals surface area contributed by atoms with E-state index in [1.165, 1.54) is 31.0 Å². The van der Waals surface area contributed by atoms with Crippen molar-refractivity contribution in [2.45, 2.75) is 31.3 Å². The second-order valence-electron chi connectivity index (χ2n) is 7.70. The van der Waals surface area contributed by atoms with Gasteiger partial charge in [-0.1, -0.05) is 16.8 Å². The number of likely N-dealkylation sites (tertiary alicyclic amines) is 1. The molecule has 8 nitrogen and oxygen atoms in total. The molecule has 4 N–H and O–H groups in total. The van der Waals surface area contributed by atoms with E-state index in [2.05, 4.69) is 35.6 Å². The Morgan fingerprint density at radius 2 is 2.17 bits per heavy atom. The molecule has 156 valence electrons. The highest BCUT2D eigenvalue weighted by atomic mass is 35.5. The van der Waals surface area contributed by atoms with Crippen LogP contribution >= 0.6 is 11.6 Å². The molecule has 1 aliphatic carbocycles. The van der Waals surface area contributed by atoms with Crippen molar-refractivity contribution in [2.24, 2.45) is 5.16 Å². The molecule has 1 unspecified atom stereocenters. The number of H-pyrrole nitrogens is 1. The van der Waals surface area contributed by atoms with E-state index < -0.39 is 5.82 Å². The number of nitrogens with zero attached hydrogens (tertiary/aromatic N) is 4. The van der Waals surface area contributed by atoms with Crippen molar-refractivity contribution in [2.75, 3.05) is 23.7 Å². The molecule has 2 aromatic heterocycles. The number of amidine groups is 1. The fraction of sp³-hybridized carbons (Fsp3) is 0.350. The molecule has 2 aliphatic rings. The molecule has 3 aromatic rings. The lowest BCUT2D eigenvalue weighted by molar-refractivity contribution is 0.319.